The first-order valence-corrected chi connectivity index (χ1v) is 6.32. The minimum Gasteiger partial charge on any atom is -0.296 e. The highest BCUT2D eigenvalue weighted by Crippen LogP contribution is 2.34. The Morgan fingerprint density at radius 3 is 2.52 bits per heavy atom. The zero-order valence-corrected chi connectivity index (χ0v) is 11.2. The van der Waals surface area contributed by atoms with Crippen LogP contribution < -0.4 is 4.90 Å². The van der Waals surface area contributed by atoms with Gasteiger partial charge in [-0.1, -0.05) is 17.7 Å². The summed E-state index contributed by atoms with van der Waals surface area (Å²) >= 11 is 5.74. The molecule has 0 aliphatic carbocycles. The van der Waals surface area contributed by atoms with Crippen LogP contribution in [0.3, 0.4) is 0 Å². The first-order valence-electron chi connectivity index (χ1n) is 5.94. The second-order valence-corrected chi connectivity index (χ2v) is 4.81. The van der Waals surface area contributed by atoms with Gasteiger partial charge in [0.2, 0.25) is 0 Å². The maximum absolute atomic E-state index is 13.9. The van der Waals surface area contributed by atoms with E-state index in [2.05, 4.69) is 4.98 Å². The lowest BCUT2D eigenvalue weighted by Crippen LogP contribution is -2.30. The molecule has 0 saturated carbocycles. The highest BCUT2D eigenvalue weighted by atomic mass is 35.5. The van der Waals surface area contributed by atoms with Crippen LogP contribution in [0.1, 0.15) is 16.1 Å². The van der Waals surface area contributed by atoms with Crippen LogP contribution in [-0.4, -0.2) is 16.7 Å². The SMILES string of the molecule is O=C1C(=O)N(Cc2cccc(Cl)n2)c2c(F)ccc(F)c21. The first-order chi connectivity index (χ1) is 9.99. The summed E-state index contributed by atoms with van der Waals surface area (Å²) in [5.74, 6) is -3.82. The van der Waals surface area contributed by atoms with Gasteiger partial charge in [-0.3, -0.25) is 14.5 Å². The van der Waals surface area contributed by atoms with Gasteiger partial charge >= 0.3 is 0 Å². The maximum atomic E-state index is 13.9. The number of amides is 1. The zero-order valence-electron chi connectivity index (χ0n) is 10.4. The molecule has 0 spiro atoms. The molecule has 0 N–H and O–H groups in total. The Labute approximate surface area is 123 Å². The van der Waals surface area contributed by atoms with Gasteiger partial charge in [0.15, 0.2) is 0 Å². The quantitative estimate of drug-likeness (QED) is 0.633. The van der Waals surface area contributed by atoms with Crippen LogP contribution in [0.5, 0.6) is 0 Å². The molecule has 7 heteroatoms. The molecule has 0 atom stereocenters. The number of hydrogen-bond acceptors (Lipinski definition) is 3. The van der Waals surface area contributed by atoms with Crippen molar-refractivity contribution in [3.63, 3.8) is 0 Å². The molecular formula is C14H7ClF2N2O2. The number of fused-ring (bicyclic) bond motifs is 1. The predicted octanol–water partition coefficient (Wildman–Crippen LogP) is 2.74. The molecule has 0 bridgehead atoms. The van der Waals surface area contributed by atoms with Crippen molar-refractivity contribution in [3.8, 4) is 0 Å². The molecule has 0 unspecified atom stereocenters. The molecule has 2 aromatic rings. The normalized spacial score (nSPS) is 13.8. The third kappa shape index (κ3) is 2.17. The zero-order chi connectivity index (χ0) is 15.1. The second kappa shape index (κ2) is 4.89. The number of rotatable bonds is 2. The van der Waals surface area contributed by atoms with Crippen molar-refractivity contribution in [1.82, 2.24) is 4.98 Å². The number of carbonyl (C=O) groups is 2. The van der Waals surface area contributed by atoms with Crippen LogP contribution in [0.15, 0.2) is 30.3 Å². The monoisotopic (exact) mass is 308 g/mol. The Hall–Kier alpha value is -2.34. The highest BCUT2D eigenvalue weighted by Gasteiger charge is 2.40. The minimum atomic E-state index is -1.07. The van der Waals surface area contributed by atoms with Crippen molar-refractivity contribution >= 4 is 29.0 Å². The number of Topliss-reactive ketones (excluding diaryl/α,β-unsaturated/α-hetero) is 1. The fourth-order valence-electron chi connectivity index (χ4n) is 2.20. The smallest absolute Gasteiger partial charge is 0.296 e. The molecule has 0 radical (unpaired) electrons. The van der Waals surface area contributed by atoms with Crippen molar-refractivity contribution in [3.05, 3.63) is 58.4 Å². The van der Waals surface area contributed by atoms with Crippen molar-refractivity contribution in [2.45, 2.75) is 6.54 Å². The van der Waals surface area contributed by atoms with Crippen molar-refractivity contribution in [2.24, 2.45) is 0 Å². The van der Waals surface area contributed by atoms with E-state index in [9.17, 15) is 18.4 Å². The first kappa shape index (κ1) is 13.6. The topological polar surface area (TPSA) is 50.3 Å². The average Bonchev–Trinajstić information content (AvgIpc) is 2.69. The molecule has 3 rings (SSSR count). The van der Waals surface area contributed by atoms with E-state index >= 15 is 0 Å². The van der Waals surface area contributed by atoms with Gasteiger partial charge in [-0.05, 0) is 24.3 Å². The molecule has 2 heterocycles. The summed E-state index contributed by atoms with van der Waals surface area (Å²) in [5.41, 5.74) is -0.533. The molecule has 106 valence electrons. The second-order valence-electron chi connectivity index (χ2n) is 4.42. The van der Waals surface area contributed by atoms with Gasteiger partial charge in [0.05, 0.1) is 23.5 Å². The lowest BCUT2D eigenvalue weighted by molar-refractivity contribution is -0.114. The molecule has 1 aliphatic heterocycles. The van der Waals surface area contributed by atoms with E-state index in [0.717, 1.165) is 17.0 Å². The number of carbonyl (C=O) groups excluding carboxylic acids is 2. The van der Waals surface area contributed by atoms with E-state index in [1.807, 2.05) is 0 Å². The molecule has 4 nitrogen and oxygen atoms in total. The van der Waals surface area contributed by atoms with E-state index in [0.29, 0.717) is 5.69 Å². The lowest BCUT2D eigenvalue weighted by Gasteiger charge is -2.16. The van der Waals surface area contributed by atoms with Crippen LogP contribution in [0.2, 0.25) is 5.15 Å². The number of aromatic nitrogens is 1. The predicted molar refractivity (Wildman–Crippen MR) is 71.1 cm³/mol. The van der Waals surface area contributed by atoms with E-state index in [-0.39, 0.29) is 17.4 Å². The molecule has 1 aliphatic rings. The van der Waals surface area contributed by atoms with E-state index in [4.69, 9.17) is 11.6 Å². The van der Waals surface area contributed by atoms with Gasteiger partial charge in [-0.15, -0.1) is 0 Å². The number of halogens is 3. The maximum Gasteiger partial charge on any atom is 0.300 e. The standard InChI is InChI=1S/C14H7ClF2N2O2/c15-10-3-1-2-7(18-10)6-19-12-9(17)5-4-8(16)11(12)13(20)14(19)21/h1-5H,6H2. The molecule has 1 aromatic heterocycles. The fourth-order valence-corrected chi connectivity index (χ4v) is 2.38. The molecule has 21 heavy (non-hydrogen) atoms. The Bertz CT molecular complexity index is 780. The van der Waals surface area contributed by atoms with E-state index < -0.39 is 28.9 Å². The summed E-state index contributed by atoms with van der Waals surface area (Å²) in [6, 6.07) is 6.41. The summed E-state index contributed by atoms with van der Waals surface area (Å²) in [7, 11) is 0. The summed E-state index contributed by atoms with van der Waals surface area (Å²) in [6.07, 6.45) is 0. The Morgan fingerprint density at radius 1 is 1.10 bits per heavy atom. The number of nitrogens with zero attached hydrogens (tertiary/aromatic N) is 2. The third-order valence-electron chi connectivity index (χ3n) is 3.11. The van der Waals surface area contributed by atoms with Gasteiger partial charge in [-0.25, -0.2) is 13.8 Å². The van der Waals surface area contributed by atoms with Gasteiger partial charge in [0, 0.05) is 0 Å². The molecular weight excluding hydrogens is 302 g/mol. The molecule has 0 saturated heterocycles. The number of hydrogen-bond donors (Lipinski definition) is 0. The summed E-state index contributed by atoms with van der Waals surface area (Å²) in [6.45, 7) is -0.168. The van der Waals surface area contributed by atoms with Crippen molar-refractivity contribution in [2.75, 3.05) is 4.90 Å². The van der Waals surface area contributed by atoms with Crippen LogP contribution in [0, 0.1) is 11.6 Å². The fraction of sp³-hybridized carbons (Fsp3) is 0.0714. The Kier molecular flexibility index (Phi) is 3.17. The number of benzene rings is 1. The summed E-state index contributed by atoms with van der Waals surface area (Å²) < 4.78 is 27.6. The lowest BCUT2D eigenvalue weighted by atomic mass is 10.1. The molecule has 0 fully saturated rings. The van der Waals surface area contributed by atoms with Crippen molar-refractivity contribution < 1.29 is 18.4 Å². The summed E-state index contributed by atoms with van der Waals surface area (Å²) in [4.78, 5) is 28.6. The minimum absolute atomic E-state index is 0.168. The third-order valence-corrected chi connectivity index (χ3v) is 3.32. The Balaban J connectivity index is 2.08. The van der Waals surface area contributed by atoms with Crippen LogP contribution in [0.25, 0.3) is 0 Å². The van der Waals surface area contributed by atoms with Crippen LogP contribution in [-0.2, 0) is 11.3 Å². The number of ketones is 1. The van der Waals surface area contributed by atoms with Gasteiger partial charge in [0.1, 0.15) is 16.8 Å². The van der Waals surface area contributed by atoms with Crippen LogP contribution >= 0.6 is 11.6 Å². The largest absolute Gasteiger partial charge is 0.300 e. The van der Waals surface area contributed by atoms with Gasteiger partial charge < -0.3 is 0 Å². The van der Waals surface area contributed by atoms with Crippen molar-refractivity contribution in [1.29, 1.82) is 0 Å². The molecule has 1 amide bonds. The van der Waals surface area contributed by atoms with Gasteiger partial charge in [-0.2, -0.15) is 0 Å². The summed E-state index contributed by atoms with van der Waals surface area (Å²) in [5, 5.41) is 0.199. The number of anilines is 1. The number of pyridine rings is 1. The highest BCUT2D eigenvalue weighted by molar-refractivity contribution is 6.52. The van der Waals surface area contributed by atoms with E-state index in [1.54, 1.807) is 12.1 Å². The van der Waals surface area contributed by atoms with E-state index in [1.165, 1.54) is 6.07 Å². The van der Waals surface area contributed by atoms with Crippen LogP contribution in [0.4, 0.5) is 14.5 Å². The molecule has 1 aromatic carbocycles. The van der Waals surface area contributed by atoms with Gasteiger partial charge in [0.25, 0.3) is 11.7 Å². The Morgan fingerprint density at radius 2 is 1.81 bits per heavy atom. The average molecular weight is 309 g/mol.